The van der Waals surface area contributed by atoms with Gasteiger partial charge in [-0.2, -0.15) is 0 Å². The molecule has 1 aliphatic rings. The van der Waals surface area contributed by atoms with Crippen LogP contribution in [0.5, 0.6) is 0 Å². The van der Waals surface area contributed by atoms with E-state index in [0.29, 0.717) is 17.1 Å². The van der Waals surface area contributed by atoms with Gasteiger partial charge in [-0.1, -0.05) is 6.07 Å². The number of benzene rings is 2. The molecule has 0 saturated carbocycles. The molecule has 1 aliphatic heterocycles. The average molecular weight is 390 g/mol. The van der Waals surface area contributed by atoms with Crippen LogP contribution in [-0.4, -0.2) is 38.6 Å². The minimum absolute atomic E-state index is 0.221. The van der Waals surface area contributed by atoms with Crippen molar-refractivity contribution in [3.63, 3.8) is 0 Å². The first kappa shape index (κ1) is 17.1. The van der Waals surface area contributed by atoms with E-state index >= 15 is 0 Å². The normalized spacial score (nSPS) is 16.9. The molecule has 3 heterocycles. The molecule has 2 aromatic heterocycles. The molecule has 0 aliphatic carbocycles. The zero-order valence-electron chi connectivity index (χ0n) is 15.3. The lowest BCUT2D eigenvalue weighted by molar-refractivity contribution is 0.0697. The molecule has 0 amide bonds. The van der Waals surface area contributed by atoms with E-state index < -0.39 is 5.97 Å². The molecular weight excluding hydrogens is 372 g/mol. The van der Waals surface area contributed by atoms with Gasteiger partial charge in [0.25, 0.3) is 0 Å². The van der Waals surface area contributed by atoms with E-state index in [9.17, 15) is 9.90 Å². The summed E-state index contributed by atoms with van der Waals surface area (Å²) >= 11 is 1.61. The third-order valence-corrected chi connectivity index (χ3v) is 6.13. The molecule has 4 aromatic rings. The van der Waals surface area contributed by atoms with Gasteiger partial charge in [0.05, 0.1) is 32.3 Å². The van der Waals surface area contributed by atoms with Gasteiger partial charge in [0.1, 0.15) is 5.69 Å². The average Bonchev–Trinajstić information content (AvgIpc) is 3.34. The topological polar surface area (TPSA) is 79.2 Å². The summed E-state index contributed by atoms with van der Waals surface area (Å²) < 4.78 is 1.14. The fourth-order valence-corrected chi connectivity index (χ4v) is 4.48. The largest absolute Gasteiger partial charge is 0.478 e. The van der Waals surface area contributed by atoms with Crippen LogP contribution >= 0.6 is 11.3 Å². The number of thiazole rings is 1. The fourth-order valence-electron chi connectivity index (χ4n) is 3.83. The molecule has 1 N–H and O–H groups in total. The maximum atomic E-state index is 11.4. The van der Waals surface area contributed by atoms with Gasteiger partial charge in [-0.05, 0) is 50.1 Å². The number of hydrogen-bond acceptors (Lipinski definition) is 6. The van der Waals surface area contributed by atoms with Crippen LogP contribution in [0.15, 0.2) is 41.9 Å². The smallest absolute Gasteiger partial charge is 0.335 e. The lowest BCUT2D eigenvalue weighted by Gasteiger charge is -2.25. The molecule has 1 atom stereocenters. The number of carbonyl (C=O) groups is 1. The molecule has 140 valence electrons. The number of rotatable bonds is 3. The summed E-state index contributed by atoms with van der Waals surface area (Å²) in [6.45, 7) is 3.12. The van der Waals surface area contributed by atoms with Crippen molar-refractivity contribution in [3.8, 4) is 11.3 Å². The van der Waals surface area contributed by atoms with E-state index in [-0.39, 0.29) is 5.56 Å². The quantitative estimate of drug-likeness (QED) is 0.551. The zero-order chi connectivity index (χ0) is 19.3. The van der Waals surface area contributed by atoms with Crippen molar-refractivity contribution in [1.29, 1.82) is 0 Å². The van der Waals surface area contributed by atoms with Crippen LogP contribution in [0.25, 0.3) is 32.5 Å². The highest BCUT2D eigenvalue weighted by Crippen LogP contribution is 2.35. The zero-order valence-corrected chi connectivity index (χ0v) is 16.1. The number of carboxylic acid groups (broad SMARTS) is 1. The second-order valence-corrected chi connectivity index (χ2v) is 8.01. The summed E-state index contributed by atoms with van der Waals surface area (Å²) in [4.78, 5) is 27.8. The van der Waals surface area contributed by atoms with E-state index in [2.05, 4.69) is 35.0 Å². The summed E-state index contributed by atoms with van der Waals surface area (Å²) in [5.41, 5.74) is 6.10. The van der Waals surface area contributed by atoms with Crippen molar-refractivity contribution < 1.29 is 9.90 Å². The molecule has 2 aromatic carbocycles. The molecule has 1 saturated heterocycles. The van der Waals surface area contributed by atoms with Crippen LogP contribution in [-0.2, 0) is 0 Å². The van der Waals surface area contributed by atoms with E-state index in [1.807, 2.05) is 5.51 Å². The molecule has 7 heteroatoms. The first-order valence-electron chi connectivity index (χ1n) is 9.25. The van der Waals surface area contributed by atoms with Crippen molar-refractivity contribution in [2.75, 3.05) is 11.4 Å². The second-order valence-electron chi connectivity index (χ2n) is 7.12. The predicted octanol–water partition coefficient (Wildman–Crippen LogP) is 4.59. The Bertz CT molecular complexity index is 1220. The Labute approximate surface area is 165 Å². The van der Waals surface area contributed by atoms with Gasteiger partial charge in [-0.25, -0.2) is 19.7 Å². The highest BCUT2D eigenvalue weighted by molar-refractivity contribution is 7.16. The van der Waals surface area contributed by atoms with Crippen LogP contribution in [0.3, 0.4) is 0 Å². The van der Waals surface area contributed by atoms with Crippen LogP contribution in [0.2, 0.25) is 0 Å². The number of aromatic carboxylic acids is 1. The van der Waals surface area contributed by atoms with Gasteiger partial charge in [-0.15, -0.1) is 11.3 Å². The third kappa shape index (κ3) is 2.79. The van der Waals surface area contributed by atoms with Crippen LogP contribution in [0, 0.1) is 0 Å². The standard InChI is InChI=1S/C21H18N4O2S/c1-12-3-2-8-25(12)20-19(13-5-7-18-17(9-13)22-11-28-18)23-15-6-4-14(21(26)27)10-16(15)24-20/h4-7,9-12H,2-3,8H2,1H3,(H,26,27). The molecular formula is C21H18N4O2S. The van der Waals surface area contributed by atoms with Crippen molar-refractivity contribution in [3.05, 3.63) is 47.5 Å². The fraction of sp³-hybridized carbons (Fsp3) is 0.238. The number of nitrogens with zero attached hydrogens (tertiary/aromatic N) is 4. The Hall–Kier alpha value is -3.06. The number of aromatic nitrogens is 3. The highest BCUT2D eigenvalue weighted by Gasteiger charge is 2.26. The first-order valence-corrected chi connectivity index (χ1v) is 10.1. The van der Waals surface area contributed by atoms with Crippen molar-refractivity contribution in [2.24, 2.45) is 0 Å². The Morgan fingerprint density at radius 3 is 2.82 bits per heavy atom. The van der Waals surface area contributed by atoms with E-state index in [0.717, 1.165) is 46.7 Å². The molecule has 6 nitrogen and oxygen atoms in total. The monoisotopic (exact) mass is 390 g/mol. The number of hydrogen-bond donors (Lipinski definition) is 1. The minimum atomic E-state index is -0.960. The van der Waals surface area contributed by atoms with Gasteiger partial charge in [0.15, 0.2) is 5.82 Å². The van der Waals surface area contributed by atoms with Gasteiger partial charge < -0.3 is 10.0 Å². The second kappa shape index (κ2) is 6.53. The summed E-state index contributed by atoms with van der Waals surface area (Å²) in [5.74, 6) is -0.146. The van der Waals surface area contributed by atoms with Gasteiger partial charge >= 0.3 is 5.97 Å². The van der Waals surface area contributed by atoms with Crippen LogP contribution in [0.1, 0.15) is 30.1 Å². The first-order chi connectivity index (χ1) is 13.6. The maximum Gasteiger partial charge on any atom is 0.335 e. The summed E-state index contributed by atoms with van der Waals surface area (Å²) in [6.07, 6.45) is 2.22. The Morgan fingerprint density at radius 1 is 1.14 bits per heavy atom. The van der Waals surface area contributed by atoms with Gasteiger partial charge in [0, 0.05) is 18.2 Å². The number of carboxylic acids is 1. The van der Waals surface area contributed by atoms with Crippen molar-refractivity contribution in [1.82, 2.24) is 15.0 Å². The molecule has 1 unspecified atom stereocenters. The van der Waals surface area contributed by atoms with Crippen molar-refractivity contribution in [2.45, 2.75) is 25.8 Å². The van der Waals surface area contributed by atoms with Crippen molar-refractivity contribution >= 4 is 44.4 Å². The van der Waals surface area contributed by atoms with E-state index in [1.54, 1.807) is 29.5 Å². The van der Waals surface area contributed by atoms with Crippen LogP contribution < -0.4 is 4.90 Å². The van der Waals surface area contributed by atoms with Crippen LogP contribution in [0.4, 0.5) is 5.82 Å². The molecule has 0 bridgehead atoms. The SMILES string of the molecule is CC1CCCN1c1nc2cc(C(=O)O)ccc2nc1-c1ccc2scnc2c1. The molecule has 0 spiro atoms. The lowest BCUT2D eigenvalue weighted by atomic mass is 10.1. The molecule has 5 rings (SSSR count). The summed E-state index contributed by atoms with van der Waals surface area (Å²) in [6, 6.07) is 11.5. The molecule has 1 fully saturated rings. The minimum Gasteiger partial charge on any atom is -0.478 e. The summed E-state index contributed by atoms with van der Waals surface area (Å²) in [5, 5.41) is 9.32. The molecule has 0 radical (unpaired) electrons. The summed E-state index contributed by atoms with van der Waals surface area (Å²) in [7, 11) is 0. The number of anilines is 1. The predicted molar refractivity (Wildman–Crippen MR) is 111 cm³/mol. The highest BCUT2D eigenvalue weighted by atomic mass is 32.1. The Morgan fingerprint density at radius 2 is 2.04 bits per heavy atom. The van der Waals surface area contributed by atoms with Gasteiger partial charge in [0.2, 0.25) is 0 Å². The number of fused-ring (bicyclic) bond motifs is 2. The Kier molecular flexibility index (Phi) is 3.98. The van der Waals surface area contributed by atoms with E-state index in [1.165, 1.54) is 0 Å². The van der Waals surface area contributed by atoms with Gasteiger partial charge in [-0.3, -0.25) is 0 Å². The molecule has 28 heavy (non-hydrogen) atoms. The third-order valence-electron chi connectivity index (χ3n) is 5.32. The van der Waals surface area contributed by atoms with E-state index in [4.69, 9.17) is 9.97 Å². The lowest BCUT2D eigenvalue weighted by Crippen LogP contribution is -2.28. The Balaban J connectivity index is 1.75. The maximum absolute atomic E-state index is 11.4.